The summed E-state index contributed by atoms with van der Waals surface area (Å²) in [6.45, 7) is 12.3. The molecule has 1 rings (SSSR count). The number of thiol groups is 1. The summed E-state index contributed by atoms with van der Waals surface area (Å²) in [5.74, 6) is 1.54. The molecule has 0 saturated carbocycles. The van der Waals surface area contributed by atoms with Crippen molar-refractivity contribution in [2.24, 2.45) is 11.8 Å². The Morgan fingerprint density at radius 2 is 1.86 bits per heavy atom. The Balaban J connectivity index is 2.99. The fraction of sp³-hybridized carbons (Fsp3) is 0.556. The summed E-state index contributed by atoms with van der Waals surface area (Å²) >= 11 is 0. The standard InChI is InChI=1S/C18H30FNOS/c1-7-18(19)22(6,21)20-17-11-9-8-10-16(17)15(5)12-14(4)13(2)3/h7-11,13-15,18,22H,1,12H2,2-6H3,(H,20,21). The lowest BCUT2D eigenvalue weighted by molar-refractivity contribution is 0.369. The van der Waals surface area contributed by atoms with Crippen LogP contribution in [0.2, 0.25) is 0 Å². The highest BCUT2D eigenvalue weighted by Gasteiger charge is 2.21. The van der Waals surface area contributed by atoms with Crippen molar-refractivity contribution < 1.29 is 8.60 Å². The SMILES string of the molecule is C=CC(F)[SH](C)(=O)Nc1ccccc1C(C)CC(C)C(C)C. The first-order valence-corrected chi connectivity index (χ1v) is 10.1. The minimum Gasteiger partial charge on any atom is -0.324 e. The summed E-state index contributed by atoms with van der Waals surface area (Å²) in [4.78, 5) is 0. The Morgan fingerprint density at radius 3 is 2.41 bits per heavy atom. The molecule has 0 amide bonds. The van der Waals surface area contributed by atoms with Crippen LogP contribution in [0.3, 0.4) is 0 Å². The first kappa shape index (κ1) is 18.9. The molecule has 0 radical (unpaired) electrons. The fourth-order valence-electron chi connectivity index (χ4n) is 2.49. The van der Waals surface area contributed by atoms with Gasteiger partial charge in [0, 0.05) is 11.9 Å². The molecule has 126 valence electrons. The zero-order valence-electron chi connectivity index (χ0n) is 14.3. The predicted octanol–water partition coefficient (Wildman–Crippen LogP) is 4.93. The van der Waals surface area contributed by atoms with Gasteiger partial charge in [0.15, 0.2) is 5.50 Å². The minimum absolute atomic E-state index is 0.322. The molecule has 0 aromatic heterocycles. The number of hydrogen-bond acceptors (Lipinski definition) is 1. The van der Waals surface area contributed by atoms with E-state index in [1.807, 2.05) is 24.3 Å². The third-order valence-electron chi connectivity index (χ3n) is 4.36. The van der Waals surface area contributed by atoms with Crippen molar-refractivity contribution in [2.45, 2.75) is 45.5 Å². The monoisotopic (exact) mass is 327 g/mol. The van der Waals surface area contributed by atoms with E-state index in [0.717, 1.165) is 23.7 Å². The third-order valence-corrected chi connectivity index (χ3v) is 6.20. The maximum atomic E-state index is 13.8. The Labute approximate surface area is 135 Å². The summed E-state index contributed by atoms with van der Waals surface area (Å²) in [5.41, 5.74) is 0.320. The molecule has 1 N–H and O–H groups in total. The van der Waals surface area contributed by atoms with E-state index >= 15 is 0 Å². The lowest BCUT2D eigenvalue weighted by atomic mass is 9.85. The van der Waals surface area contributed by atoms with Crippen molar-refractivity contribution in [3.8, 4) is 0 Å². The Morgan fingerprint density at radius 1 is 1.27 bits per heavy atom. The molecule has 4 heteroatoms. The largest absolute Gasteiger partial charge is 0.324 e. The van der Waals surface area contributed by atoms with Gasteiger partial charge in [-0.2, -0.15) is 0 Å². The molecule has 1 aromatic carbocycles. The quantitative estimate of drug-likeness (QED) is 0.514. The van der Waals surface area contributed by atoms with Crippen molar-refractivity contribution in [3.63, 3.8) is 0 Å². The zero-order valence-corrected chi connectivity index (χ0v) is 15.2. The molecule has 0 spiro atoms. The van der Waals surface area contributed by atoms with E-state index < -0.39 is 15.6 Å². The molecule has 2 nitrogen and oxygen atoms in total. The molecule has 0 aliphatic heterocycles. The molecule has 0 aliphatic carbocycles. The van der Waals surface area contributed by atoms with Gasteiger partial charge in [0.25, 0.3) is 0 Å². The second-order valence-electron chi connectivity index (χ2n) is 6.66. The van der Waals surface area contributed by atoms with Crippen molar-refractivity contribution in [1.29, 1.82) is 0 Å². The van der Waals surface area contributed by atoms with Crippen LogP contribution in [0.25, 0.3) is 0 Å². The first-order valence-electron chi connectivity index (χ1n) is 7.90. The van der Waals surface area contributed by atoms with Crippen LogP contribution in [0.1, 0.15) is 45.6 Å². The maximum absolute atomic E-state index is 13.8. The van der Waals surface area contributed by atoms with Gasteiger partial charge in [-0.15, -0.1) is 0 Å². The number of alkyl halides is 1. The Kier molecular flexibility index (Phi) is 6.79. The van der Waals surface area contributed by atoms with Crippen LogP contribution in [-0.2, 0) is 10.1 Å². The van der Waals surface area contributed by atoms with E-state index in [-0.39, 0.29) is 0 Å². The molecule has 0 heterocycles. The number of nitrogens with one attached hydrogen (secondary N) is 1. The van der Waals surface area contributed by atoms with E-state index in [9.17, 15) is 8.60 Å². The second kappa shape index (κ2) is 7.91. The van der Waals surface area contributed by atoms with Crippen LogP contribution < -0.4 is 4.72 Å². The molecular formula is C18H30FNOS. The smallest absolute Gasteiger partial charge is 0.185 e. The number of benzene rings is 1. The first-order chi connectivity index (χ1) is 10.2. The van der Waals surface area contributed by atoms with Gasteiger partial charge in [0.2, 0.25) is 0 Å². The molecule has 0 saturated heterocycles. The summed E-state index contributed by atoms with van der Waals surface area (Å²) < 4.78 is 29.2. The summed E-state index contributed by atoms with van der Waals surface area (Å²) in [6.07, 6.45) is 3.57. The Hall–Kier alpha value is -1.16. The number of hydrogen-bond donors (Lipinski definition) is 2. The van der Waals surface area contributed by atoms with Crippen LogP contribution in [0.4, 0.5) is 10.1 Å². The lowest BCUT2D eigenvalue weighted by Gasteiger charge is -2.27. The van der Waals surface area contributed by atoms with Gasteiger partial charge in [-0.1, -0.05) is 52.5 Å². The van der Waals surface area contributed by atoms with Crippen LogP contribution in [0.5, 0.6) is 0 Å². The van der Waals surface area contributed by atoms with Crippen molar-refractivity contribution in [2.75, 3.05) is 11.0 Å². The van der Waals surface area contributed by atoms with Crippen molar-refractivity contribution >= 4 is 15.8 Å². The van der Waals surface area contributed by atoms with E-state index in [1.165, 1.54) is 6.26 Å². The van der Waals surface area contributed by atoms with Crippen molar-refractivity contribution in [1.82, 2.24) is 0 Å². The molecular weight excluding hydrogens is 297 g/mol. The zero-order chi connectivity index (χ0) is 16.9. The predicted molar refractivity (Wildman–Crippen MR) is 97.7 cm³/mol. The maximum Gasteiger partial charge on any atom is 0.185 e. The normalized spacial score (nSPS) is 16.9. The van der Waals surface area contributed by atoms with Gasteiger partial charge in [-0.3, -0.25) is 4.21 Å². The molecule has 0 bridgehead atoms. The number of anilines is 1. The molecule has 0 fully saturated rings. The topological polar surface area (TPSA) is 29.1 Å². The van der Waals surface area contributed by atoms with Gasteiger partial charge in [0.1, 0.15) is 0 Å². The molecule has 3 atom stereocenters. The Bertz CT molecular complexity index is 544. The summed E-state index contributed by atoms with van der Waals surface area (Å²) in [7, 11) is -3.16. The fourth-order valence-corrected chi connectivity index (χ4v) is 3.69. The molecule has 22 heavy (non-hydrogen) atoms. The highest BCUT2D eigenvalue weighted by Crippen LogP contribution is 2.33. The van der Waals surface area contributed by atoms with Crippen LogP contribution in [-0.4, -0.2) is 16.0 Å². The van der Waals surface area contributed by atoms with Gasteiger partial charge < -0.3 is 4.72 Å². The number of rotatable bonds is 8. The summed E-state index contributed by atoms with van der Waals surface area (Å²) in [6, 6.07) is 7.75. The van der Waals surface area contributed by atoms with Crippen LogP contribution >= 0.6 is 0 Å². The number of halogens is 1. The highest BCUT2D eigenvalue weighted by molar-refractivity contribution is 8.04. The van der Waals surface area contributed by atoms with Crippen LogP contribution in [0, 0.1) is 11.8 Å². The molecule has 0 aliphatic rings. The van der Waals surface area contributed by atoms with Gasteiger partial charge in [0.05, 0.1) is 0 Å². The molecule has 1 aromatic rings. The van der Waals surface area contributed by atoms with Gasteiger partial charge >= 0.3 is 0 Å². The average molecular weight is 328 g/mol. The molecule has 3 unspecified atom stereocenters. The van der Waals surface area contributed by atoms with Crippen LogP contribution in [0.15, 0.2) is 36.9 Å². The third kappa shape index (κ3) is 4.94. The number of para-hydroxylation sites is 1. The van der Waals surface area contributed by atoms with Gasteiger partial charge in [-0.05, 0) is 52.0 Å². The second-order valence-corrected chi connectivity index (χ2v) is 9.35. The van der Waals surface area contributed by atoms with E-state index in [0.29, 0.717) is 17.8 Å². The lowest BCUT2D eigenvalue weighted by Crippen LogP contribution is -2.30. The average Bonchev–Trinajstić information content (AvgIpc) is 2.46. The van der Waals surface area contributed by atoms with E-state index in [1.54, 1.807) is 0 Å². The van der Waals surface area contributed by atoms with Gasteiger partial charge in [-0.25, -0.2) is 4.39 Å². The summed E-state index contributed by atoms with van der Waals surface area (Å²) in [5, 5.41) is 0. The van der Waals surface area contributed by atoms with E-state index in [4.69, 9.17) is 0 Å². The van der Waals surface area contributed by atoms with E-state index in [2.05, 4.69) is 39.0 Å². The highest BCUT2D eigenvalue weighted by atomic mass is 32.3. The minimum atomic E-state index is -3.16. The van der Waals surface area contributed by atoms with Crippen molar-refractivity contribution in [3.05, 3.63) is 42.5 Å².